The van der Waals surface area contributed by atoms with Gasteiger partial charge in [0.05, 0.1) is 0 Å². The Kier molecular flexibility index (Phi) is 60.2. The molecular weight excluding hydrogens is 901 g/mol. The highest BCUT2D eigenvalue weighted by atomic mass is 16.6. The molecule has 0 spiro atoms. The van der Waals surface area contributed by atoms with Gasteiger partial charge in [-0.2, -0.15) is 0 Å². The number of rotatable bonds is 60. The monoisotopic (exact) mass is 1020 g/mol. The second kappa shape index (κ2) is 62.2. The van der Waals surface area contributed by atoms with Crippen molar-refractivity contribution in [1.29, 1.82) is 0 Å². The molecule has 6 heteroatoms. The summed E-state index contributed by atoms with van der Waals surface area (Å²) in [6.07, 6.45) is 75.7. The molecule has 0 amide bonds. The minimum atomic E-state index is -0.776. The van der Waals surface area contributed by atoms with Gasteiger partial charge in [-0.3, -0.25) is 14.4 Å². The molecule has 0 aliphatic heterocycles. The second-order valence-electron chi connectivity index (χ2n) is 22.0. The third kappa shape index (κ3) is 60.4. The van der Waals surface area contributed by atoms with E-state index in [1.165, 1.54) is 250 Å². The van der Waals surface area contributed by atoms with Crippen molar-refractivity contribution in [1.82, 2.24) is 0 Å². The number of ether oxygens (including phenoxy) is 3. The predicted molar refractivity (Wildman–Crippen MR) is 316 cm³/mol. The van der Waals surface area contributed by atoms with Gasteiger partial charge in [0.25, 0.3) is 0 Å². The maximum absolute atomic E-state index is 12.9. The van der Waals surface area contributed by atoms with Gasteiger partial charge in [-0.15, -0.1) is 0 Å². The molecule has 0 aromatic carbocycles. The number of hydrogen-bond acceptors (Lipinski definition) is 6. The molecule has 0 aromatic rings. The Labute approximate surface area is 455 Å². The summed E-state index contributed by atoms with van der Waals surface area (Å²) in [5, 5.41) is 0. The lowest BCUT2D eigenvalue weighted by molar-refractivity contribution is -0.167. The fourth-order valence-corrected chi connectivity index (χ4v) is 9.67. The van der Waals surface area contributed by atoms with Gasteiger partial charge in [0.15, 0.2) is 6.10 Å². The van der Waals surface area contributed by atoms with E-state index < -0.39 is 6.10 Å². The second-order valence-corrected chi connectivity index (χ2v) is 22.0. The Bertz CT molecular complexity index is 1220. The summed E-state index contributed by atoms with van der Waals surface area (Å²) < 4.78 is 16.9. The standard InChI is InChI=1S/C67H124O6/c1-4-7-10-13-16-19-22-25-28-30-32-33-35-36-39-42-45-48-51-54-57-60-66(69)72-63-64(62-71-65(68)59-56-53-50-47-44-41-38-27-24-21-18-15-12-9-6-3)73-67(70)61-58-55-52-49-46-43-40-37-34-31-29-26-23-20-17-14-11-8-5-2/h25-29,38,64H,4-24,30-37,39-63H2,1-3H3/b28-25-,29-26-,38-27-/t64-/m0/s1. The molecule has 0 saturated heterocycles. The third-order valence-electron chi connectivity index (χ3n) is 14.6. The summed E-state index contributed by atoms with van der Waals surface area (Å²) in [7, 11) is 0. The lowest BCUT2D eigenvalue weighted by Gasteiger charge is -2.18. The summed E-state index contributed by atoms with van der Waals surface area (Å²) in [6.45, 7) is 6.68. The van der Waals surface area contributed by atoms with E-state index >= 15 is 0 Å². The lowest BCUT2D eigenvalue weighted by atomic mass is 10.0. The van der Waals surface area contributed by atoms with Gasteiger partial charge in [0.1, 0.15) is 13.2 Å². The van der Waals surface area contributed by atoms with Gasteiger partial charge < -0.3 is 14.2 Å². The zero-order valence-corrected chi connectivity index (χ0v) is 49.2. The molecule has 0 radical (unpaired) electrons. The van der Waals surface area contributed by atoms with Crippen LogP contribution in [0.25, 0.3) is 0 Å². The first-order valence-electron chi connectivity index (χ1n) is 32.5. The van der Waals surface area contributed by atoms with Crippen molar-refractivity contribution in [2.75, 3.05) is 13.2 Å². The van der Waals surface area contributed by atoms with E-state index in [2.05, 4.69) is 57.2 Å². The summed E-state index contributed by atoms with van der Waals surface area (Å²) in [5.74, 6) is -0.861. The summed E-state index contributed by atoms with van der Waals surface area (Å²) >= 11 is 0. The third-order valence-corrected chi connectivity index (χ3v) is 14.6. The topological polar surface area (TPSA) is 78.9 Å². The summed E-state index contributed by atoms with van der Waals surface area (Å²) in [5.41, 5.74) is 0. The average Bonchev–Trinajstić information content (AvgIpc) is 3.39. The average molecular weight is 1030 g/mol. The Balaban J connectivity index is 4.32. The van der Waals surface area contributed by atoms with Crippen molar-refractivity contribution in [3.05, 3.63) is 36.5 Å². The number of carbonyl (C=O) groups excluding carboxylic acids is 3. The molecule has 0 unspecified atom stereocenters. The summed E-state index contributed by atoms with van der Waals surface area (Å²) in [4.78, 5) is 38.3. The molecule has 428 valence electrons. The van der Waals surface area contributed by atoms with E-state index in [1.807, 2.05) is 0 Å². The zero-order valence-electron chi connectivity index (χ0n) is 49.2. The number of hydrogen-bond donors (Lipinski definition) is 0. The van der Waals surface area contributed by atoms with Crippen molar-refractivity contribution in [3.8, 4) is 0 Å². The van der Waals surface area contributed by atoms with E-state index in [-0.39, 0.29) is 31.1 Å². The largest absolute Gasteiger partial charge is 0.462 e. The SMILES string of the molecule is CCCCCCCC/C=C\CCCCCCCCCCCCCC(=O)OC[C@H](COC(=O)CCCCCCC/C=C\CCCCCCCC)OC(=O)CCCCCCCCCCC/C=C\CCCCCCCC. The fraction of sp³-hybridized carbons (Fsp3) is 0.866. The van der Waals surface area contributed by atoms with E-state index in [0.717, 1.165) is 64.2 Å². The molecule has 6 nitrogen and oxygen atoms in total. The Hall–Kier alpha value is -2.37. The van der Waals surface area contributed by atoms with Crippen LogP contribution in [-0.4, -0.2) is 37.2 Å². The van der Waals surface area contributed by atoms with Crippen molar-refractivity contribution < 1.29 is 28.6 Å². The quantitative estimate of drug-likeness (QED) is 0.0261. The number of allylic oxidation sites excluding steroid dienone is 6. The first-order chi connectivity index (χ1) is 36.0. The van der Waals surface area contributed by atoms with Gasteiger partial charge in [0, 0.05) is 19.3 Å². The minimum absolute atomic E-state index is 0.0727. The van der Waals surface area contributed by atoms with Crippen LogP contribution >= 0.6 is 0 Å². The van der Waals surface area contributed by atoms with Crippen molar-refractivity contribution in [2.45, 2.75) is 361 Å². The van der Waals surface area contributed by atoms with Gasteiger partial charge in [-0.1, -0.05) is 276 Å². The molecular formula is C67H124O6. The Morgan fingerprint density at radius 3 is 0.685 bits per heavy atom. The molecule has 0 aliphatic carbocycles. The van der Waals surface area contributed by atoms with Crippen molar-refractivity contribution in [2.24, 2.45) is 0 Å². The van der Waals surface area contributed by atoms with E-state index in [1.54, 1.807) is 0 Å². The van der Waals surface area contributed by atoms with E-state index in [0.29, 0.717) is 19.3 Å². The summed E-state index contributed by atoms with van der Waals surface area (Å²) in [6, 6.07) is 0. The van der Waals surface area contributed by atoms with Crippen molar-refractivity contribution >= 4 is 17.9 Å². The molecule has 0 heterocycles. The van der Waals surface area contributed by atoms with Crippen LogP contribution in [0, 0.1) is 0 Å². The van der Waals surface area contributed by atoms with Gasteiger partial charge in [-0.25, -0.2) is 0 Å². The van der Waals surface area contributed by atoms with Crippen LogP contribution in [0.5, 0.6) is 0 Å². The maximum Gasteiger partial charge on any atom is 0.306 e. The number of esters is 3. The first-order valence-corrected chi connectivity index (χ1v) is 32.5. The van der Waals surface area contributed by atoms with Crippen LogP contribution in [0.2, 0.25) is 0 Å². The molecule has 1 atom stereocenters. The number of unbranched alkanes of at least 4 members (excludes halogenated alkanes) is 43. The minimum Gasteiger partial charge on any atom is -0.462 e. The molecule has 0 N–H and O–H groups in total. The Morgan fingerprint density at radius 2 is 0.452 bits per heavy atom. The normalized spacial score (nSPS) is 12.2. The molecule has 0 bridgehead atoms. The van der Waals surface area contributed by atoms with Crippen LogP contribution in [-0.2, 0) is 28.6 Å². The number of carbonyl (C=O) groups is 3. The fourth-order valence-electron chi connectivity index (χ4n) is 9.67. The molecule has 0 fully saturated rings. The molecule has 73 heavy (non-hydrogen) atoms. The predicted octanol–water partition coefficient (Wildman–Crippen LogP) is 22.0. The maximum atomic E-state index is 12.9. The lowest BCUT2D eigenvalue weighted by Crippen LogP contribution is -2.30. The Morgan fingerprint density at radius 1 is 0.260 bits per heavy atom. The molecule has 0 aromatic heterocycles. The van der Waals surface area contributed by atoms with Gasteiger partial charge in [0.2, 0.25) is 0 Å². The van der Waals surface area contributed by atoms with Crippen LogP contribution in [0.4, 0.5) is 0 Å². The first kappa shape index (κ1) is 70.6. The van der Waals surface area contributed by atoms with Crippen LogP contribution in [0.3, 0.4) is 0 Å². The smallest absolute Gasteiger partial charge is 0.306 e. The highest BCUT2D eigenvalue weighted by molar-refractivity contribution is 5.71. The van der Waals surface area contributed by atoms with Crippen LogP contribution in [0.15, 0.2) is 36.5 Å². The molecule has 0 aliphatic rings. The van der Waals surface area contributed by atoms with Gasteiger partial charge >= 0.3 is 17.9 Å². The highest BCUT2D eigenvalue weighted by Gasteiger charge is 2.19. The highest BCUT2D eigenvalue weighted by Crippen LogP contribution is 2.17. The molecule has 0 rings (SSSR count). The zero-order chi connectivity index (χ0) is 52.9. The van der Waals surface area contributed by atoms with Crippen LogP contribution < -0.4 is 0 Å². The van der Waals surface area contributed by atoms with E-state index in [4.69, 9.17) is 14.2 Å². The van der Waals surface area contributed by atoms with Crippen LogP contribution in [0.1, 0.15) is 355 Å². The van der Waals surface area contributed by atoms with E-state index in [9.17, 15) is 14.4 Å². The van der Waals surface area contributed by atoms with Gasteiger partial charge in [-0.05, 0) is 96.3 Å². The molecule has 0 saturated carbocycles. The van der Waals surface area contributed by atoms with Crippen molar-refractivity contribution in [3.63, 3.8) is 0 Å².